The van der Waals surface area contributed by atoms with Crippen LogP contribution < -0.4 is 15.7 Å². The molecule has 0 saturated carbocycles. The van der Waals surface area contributed by atoms with E-state index in [1.165, 1.54) is 18.2 Å². The van der Waals surface area contributed by atoms with Crippen LogP contribution in [0, 0.1) is 0 Å². The number of aryl methyl sites for hydroxylation is 1. The third-order valence-electron chi connectivity index (χ3n) is 5.33. The second-order valence-electron chi connectivity index (χ2n) is 7.98. The van der Waals surface area contributed by atoms with Gasteiger partial charge in [0.2, 0.25) is 10.0 Å². The Balaban J connectivity index is 1.48. The fraction of sp³-hybridized carbons (Fsp3) is 0.167. The number of carbonyl (C=O) groups excluding carboxylic acids is 1. The normalized spacial score (nSPS) is 12.5. The minimum atomic E-state index is -3.87. The number of benzene rings is 3. The van der Waals surface area contributed by atoms with Gasteiger partial charge in [-0.2, -0.15) is 0 Å². The van der Waals surface area contributed by atoms with Gasteiger partial charge in [0.05, 0.1) is 26.5 Å². The van der Waals surface area contributed by atoms with Crippen molar-refractivity contribution in [2.45, 2.75) is 30.7 Å². The quantitative estimate of drug-likeness (QED) is 0.292. The summed E-state index contributed by atoms with van der Waals surface area (Å²) in [5, 5.41) is 2.80. The molecule has 0 aliphatic heterocycles. The number of aromatic amines is 2. The van der Waals surface area contributed by atoms with Crippen molar-refractivity contribution in [1.29, 1.82) is 0 Å². The summed E-state index contributed by atoms with van der Waals surface area (Å²) in [4.78, 5) is 29.5. The van der Waals surface area contributed by atoms with Crippen LogP contribution in [0.2, 0.25) is 5.02 Å². The summed E-state index contributed by atoms with van der Waals surface area (Å²) in [5.74, 6) is -0.573. The van der Waals surface area contributed by atoms with E-state index in [0.717, 1.165) is 12.0 Å². The Hall–Kier alpha value is -3.40. The predicted molar refractivity (Wildman–Crippen MR) is 133 cm³/mol. The number of H-pyrrole nitrogens is 2. The van der Waals surface area contributed by atoms with Crippen molar-refractivity contribution in [1.82, 2.24) is 14.7 Å². The van der Waals surface area contributed by atoms with Crippen LogP contribution in [0.5, 0.6) is 0 Å². The Morgan fingerprint density at radius 2 is 1.74 bits per heavy atom. The van der Waals surface area contributed by atoms with Crippen LogP contribution in [0.1, 0.15) is 29.3 Å². The van der Waals surface area contributed by atoms with E-state index in [2.05, 4.69) is 20.0 Å². The van der Waals surface area contributed by atoms with Crippen LogP contribution >= 0.6 is 11.6 Å². The van der Waals surface area contributed by atoms with Crippen molar-refractivity contribution in [3.05, 3.63) is 93.4 Å². The van der Waals surface area contributed by atoms with Crippen LogP contribution in [-0.2, 0) is 16.4 Å². The Kier molecular flexibility index (Phi) is 6.87. The van der Waals surface area contributed by atoms with Crippen LogP contribution in [0.3, 0.4) is 0 Å². The van der Waals surface area contributed by atoms with Gasteiger partial charge in [-0.1, -0.05) is 41.9 Å². The highest BCUT2D eigenvalue weighted by Gasteiger charge is 2.21. The molecule has 0 unspecified atom stereocenters. The van der Waals surface area contributed by atoms with Gasteiger partial charge >= 0.3 is 5.69 Å². The Morgan fingerprint density at radius 1 is 1.00 bits per heavy atom. The van der Waals surface area contributed by atoms with E-state index >= 15 is 0 Å². The van der Waals surface area contributed by atoms with Crippen molar-refractivity contribution in [2.75, 3.05) is 5.32 Å². The van der Waals surface area contributed by atoms with E-state index in [0.29, 0.717) is 23.1 Å². The van der Waals surface area contributed by atoms with Crippen LogP contribution in [0.25, 0.3) is 11.0 Å². The number of amides is 1. The van der Waals surface area contributed by atoms with Gasteiger partial charge in [0.1, 0.15) is 0 Å². The number of hydrogen-bond donors (Lipinski definition) is 4. The maximum absolute atomic E-state index is 12.9. The summed E-state index contributed by atoms with van der Waals surface area (Å²) < 4.78 is 28.5. The molecule has 8 nitrogen and oxygen atoms in total. The van der Waals surface area contributed by atoms with Crippen molar-refractivity contribution in [3.63, 3.8) is 0 Å². The lowest BCUT2D eigenvalue weighted by Crippen LogP contribution is -2.33. The van der Waals surface area contributed by atoms with Gasteiger partial charge in [0.15, 0.2) is 0 Å². The molecule has 176 valence electrons. The summed E-state index contributed by atoms with van der Waals surface area (Å²) in [7, 11) is -3.87. The average molecular weight is 499 g/mol. The summed E-state index contributed by atoms with van der Waals surface area (Å²) in [6.07, 6.45) is 1.35. The number of halogens is 1. The molecule has 0 aliphatic carbocycles. The summed E-state index contributed by atoms with van der Waals surface area (Å²) in [5.41, 5.74) is 2.33. The largest absolute Gasteiger partial charge is 0.323 e. The number of carbonyl (C=O) groups is 1. The van der Waals surface area contributed by atoms with Crippen LogP contribution in [0.15, 0.2) is 76.4 Å². The van der Waals surface area contributed by atoms with Crippen molar-refractivity contribution < 1.29 is 13.2 Å². The van der Waals surface area contributed by atoms with Gasteiger partial charge in [-0.15, -0.1) is 0 Å². The molecule has 4 aromatic rings. The zero-order chi connectivity index (χ0) is 24.3. The first-order valence-corrected chi connectivity index (χ1v) is 12.5. The summed E-state index contributed by atoms with van der Waals surface area (Å²) in [6, 6.07) is 18.4. The molecule has 1 atom stereocenters. The molecule has 0 fully saturated rings. The molecule has 0 bridgehead atoms. The van der Waals surface area contributed by atoms with Crippen molar-refractivity contribution in [3.8, 4) is 0 Å². The first-order valence-electron chi connectivity index (χ1n) is 10.6. The fourth-order valence-electron chi connectivity index (χ4n) is 3.57. The monoisotopic (exact) mass is 498 g/mol. The highest BCUT2D eigenvalue weighted by atomic mass is 35.5. The predicted octanol–water partition coefficient (Wildman–Crippen LogP) is 4.06. The highest BCUT2D eigenvalue weighted by Crippen LogP contribution is 2.23. The third kappa shape index (κ3) is 5.56. The molecular weight excluding hydrogens is 476 g/mol. The van der Waals surface area contributed by atoms with Gasteiger partial charge in [0.25, 0.3) is 5.91 Å². The molecule has 1 heterocycles. The molecule has 1 amide bonds. The minimum absolute atomic E-state index is 0.0177. The van der Waals surface area contributed by atoms with E-state index in [1.54, 1.807) is 25.1 Å². The minimum Gasteiger partial charge on any atom is -0.322 e. The van der Waals surface area contributed by atoms with Crippen molar-refractivity contribution in [2.24, 2.45) is 0 Å². The topological polar surface area (TPSA) is 124 Å². The number of anilines is 1. The third-order valence-corrected chi connectivity index (χ3v) is 7.25. The second kappa shape index (κ2) is 9.84. The SMILES string of the molecule is C[C@@H](CCc1ccccc1)NS(=O)(=O)c1ccc(Cl)c(C(=O)Nc2ccc3[nH]c(=O)[nH]c3c2)c1. The zero-order valence-corrected chi connectivity index (χ0v) is 19.8. The van der Waals surface area contributed by atoms with E-state index in [-0.39, 0.29) is 27.2 Å². The number of nitrogens with one attached hydrogen (secondary N) is 4. The Morgan fingerprint density at radius 3 is 2.50 bits per heavy atom. The lowest BCUT2D eigenvalue weighted by atomic mass is 10.1. The van der Waals surface area contributed by atoms with Gasteiger partial charge in [-0.3, -0.25) is 4.79 Å². The molecule has 10 heteroatoms. The smallest absolute Gasteiger partial charge is 0.322 e. The lowest BCUT2D eigenvalue weighted by molar-refractivity contribution is 0.102. The Labute approximate surface area is 201 Å². The molecule has 0 spiro atoms. The molecule has 1 aromatic heterocycles. The molecular formula is C24H23ClN4O4S. The maximum Gasteiger partial charge on any atom is 0.323 e. The number of rotatable bonds is 8. The van der Waals surface area contributed by atoms with E-state index in [9.17, 15) is 18.0 Å². The summed E-state index contributed by atoms with van der Waals surface area (Å²) >= 11 is 6.20. The van der Waals surface area contributed by atoms with Crippen LogP contribution in [-0.4, -0.2) is 30.3 Å². The molecule has 4 N–H and O–H groups in total. The Bertz CT molecular complexity index is 1500. The lowest BCUT2D eigenvalue weighted by Gasteiger charge is -2.15. The van der Waals surface area contributed by atoms with E-state index in [1.807, 2.05) is 30.3 Å². The zero-order valence-electron chi connectivity index (χ0n) is 18.3. The van der Waals surface area contributed by atoms with E-state index in [4.69, 9.17) is 11.6 Å². The fourth-order valence-corrected chi connectivity index (χ4v) is 5.08. The average Bonchev–Trinajstić information content (AvgIpc) is 3.17. The molecule has 0 aliphatic rings. The van der Waals surface area contributed by atoms with Gasteiger partial charge in [-0.25, -0.2) is 17.9 Å². The van der Waals surface area contributed by atoms with E-state index < -0.39 is 15.9 Å². The van der Waals surface area contributed by atoms with Gasteiger partial charge < -0.3 is 15.3 Å². The molecule has 4 rings (SSSR count). The van der Waals surface area contributed by atoms with Gasteiger partial charge in [-0.05, 0) is 61.7 Å². The second-order valence-corrected chi connectivity index (χ2v) is 10.1. The molecule has 0 radical (unpaired) electrons. The number of sulfonamides is 1. The van der Waals surface area contributed by atoms with Crippen molar-refractivity contribution >= 4 is 44.3 Å². The molecule has 3 aromatic carbocycles. The van der Waals surface area contributed by atoms with Gasteiger partial charge in [0, 0.05) is 11.7 Å². The first-order chi connectivity index (χ1) is 16.2. The van der Waals surface area contributed by atoms with Crippen LogP contribution in [0.4, 0.5) is 5.69 Å². The number of aromatic nitrogens is 2. The summed E-state index contributed by atoms with van der Waals surface area (Å²) in [6.45, 7) is 1.80. The molecule has 0 saturated heterocycles. The number of imidazole rings is 1. The molecule has 34 heavy (non-hydrogen) atoms. The first kappa shape index (κ1) is 23.7. The maximum atomic E-state index is 12.9. The number of hydrogen-bond acceptors (Lipinski definition) is 4. The standard InChI is InChI=1S/C24H23ClN4O4S/c1-15(7-8-16-5-3-2-4-6-16)29-34(32,33)18-10-11-20(25)19(14-18)23(30)26-17-9-12-21-22(13-17)28-24(31)27-21/h2-6,9-15,29H,7-8H2,1H3,(H,26,30)(H2,27,28,31)/t15-/m0/s1. The highest BCUT2D eigenvalue weighted by molar-refractivity contribution is 7.89. The number of fused-ring (bicyclic) bond motifs is 1.